The van der Waals surface area contributed by atoms with Gasteiger partial charge in [0.25, 0.3) is 0 Å². The van der Waals surface area contributed by atoms with Gasteiger partial charge in [-0.1, -0.05) is 23.7 Å². The fourth-order valence-corrected chi connectivity index (χ4v) is 4.14. The molecule has 1 aromatic heterocycles. The van der Waals surface area contributed by atoms with Crippen molar-refractivity contribution in [1.82, 2.24) is 4.98 Å². The monoisotopic (exact) mass is 509 g/mol. The summed E-state index contributed by atoms with van der Waals surface area (Å²) >= 11 is 6.14. The number of carboxylic acid groups (broad SMARTS) is 1. The molecule has 1 aliphatic rings. The molecule has 4 nitrogen and oxygen atoms in total. The van der Waals surface area contributed by atoms with E-state index in [1.54, 1.807) is 6.07 Å². The molecular formula is C25H17ClF5NO3. The molecule has 0 unspecified atom stereocenters. The average molecular weight is 510 g/mol. The van der Waals surface area contributed by atoms with Crippen molar-refractivity contribution in [3.8, 4) is 5.88 Å². The summed E-state index contributed by atoms with van der Waals surface area (Å²) in [5.41, 5.74) is 0.873. The van der Waals surface area contributed by atoms with Gasteiger partial charge in [0.1, 0.15) is 18.2 Å². The first kappa shape index (κ1) is 24.7. The van der Waals surface area contributed by atoms with E-state index in [-0.39, 0.29) is 23.1 Å². The topological polar surface area (TPSA) is 59.4 Å². The van der Waals surface area contributed by atoms with E-state index >= 15 is 0 Å². The Bertz CT molecular complexity index is 1340. The summed E-state index contributed by atoms with van der Waals surface area (Å²) in [4.78, 5) is 15.5. The molecule has 0 saturated heterocycles. The van der Waals surface area contributed by atoms with Gasteiger partial charge < -0.3 is 9.84 Å². The van der Waals surface area contributed by atoms with Gasteiger partial charge in [-0.25, -0.2) is 18.6 Å². The molecule has 0 aliphatic heterocycles. The molecule has 0 radical (unpaired) electrons. The molecule has 182 valence electrons. The highest BCUT2D eigenvalue weighted by molar-refractivity contribution is 6.30. The third-order valence-corrected chi connectivity index (χ3v) is 5.86. The second kappa shape index (κ2) is 9.65. The first-order chi connectivity index (χ1) is 16.5. The SMILES string of the molecule is O=C(O)c1cc(C2=C(c3cc(Cl)cnc3OCc3ccc(C(F)(F)F)cc3F)CCC2)ccc1F. The Morgan fingerprint density at radius 2 is 1.77 bits per heavy atom. The van der Waals surface area contributed by atoms with Crippen LogP contribution in [-0.2, 0) is 12.8 Å². The van der Waals surface area contributed by atoms with Crippen LogP contribution in [0.15, 0.2) is 48.7 Å². The van der Waals surface area contributed by atoms with Crippen LogP contribution in [0.2, 0.25) is 5.02 Å². The van der Waals surface area contributed by atoms with Gasteiger partial charge in [-0.15, -0.1) is 0 Å². The zero-order valence-electron chi connectivity index (χ0n) is 17.9. The molecule has 0 bridgehead atoms. The van der Waals surface area contributed by atoms with Crippen LogP contribution in [0.1, 0.15) is 51.9 Å². The Kier molecular flexibility index (Phi) is 6.80. The Morgan fingerprint density at radius 1 is 1.03 bits per heavy atom. The fourth-order valence-electron chi connectivity index (χ4n) is 3.98. The molecule has 0 fully saturated rings. The van der Waals surface area contributed by atoms with E-state index in [9.17, 15) is 31.9 Å². The van der Waals surface area contributed by atoms with Gasteiger partial charge in [-0.2, -0.15) is 13.2 Å². The van der Waals surface area contributed by atoms with Gasteiger partial charge in [0.05, 0.1) is 16.1 Å². The first-order valence-corrected chi connectivity index (χ1v) is 10.8. The van der Waals surface area contributed by atoms with E-state index in [0.717, 1.165) is 35.8 Å². The van der Waals surface area contributed by atoms with Gasteiger partial charge in [-0.3, -0.25) is 0 Å². The zero-order chi connectivity index (χ0) is 25.3. The minimum absolute atomic E-state index is 0.0867. The number of aromatic carboxylic acids is 1. The van der Waals surface area contributed by atoms with Crippen LogP contribution >= 0.6 is 11.6 Å². The van der Waals surface area contributed by atoms with Crippen LogP contribution < -0.4 is 4.74 Å². The molecule has 10 heteroatoms. The first-order valence-electron chi connectivity index (χ1n) is 10.4. The Morgan fingerprint density at radius 3 is 2.46 bits per heavy atom. The number of halogens is 6. The van der Waals surface area contributed by atoms with Gasteiger partial charge in [0, 0.05) is 17.3 Å². The minimum atomic E-state index is -4.67. The smallest absolute Gasteiger partial charge is 0.416 e. The van der Waals surface area contributed by atoms with E-state index in [2.05, 4.69) is 4.98 Å². The number of benzene rings is 2. The number of nitrogens with zero attached hydrogens (tertiary/aromatic N) is 1. The van der Waals surface area contributed by atoms with E-state index in [4.69, 9.17) is 16.3 Å². The van der Waals surface area contributed by atoms with Crippen molar-refractivity contribution in [3.05, 3.63) is 93.1 Å². The number of pyridine rings is 1. The highest BCUT2D eigenvalue weighted by atomic mass is 35.5. The van der Waals surface area contributed by atoms with Crippen LogP contribution in [0.3, 0.4) is 0 Å². The summed E-state index contributed by atoms with van der Waals surface area (Å²) in [5, 5.41) is 9.55. The number of rotatable bonds is 6. The minimum Gasteiger partial charge on any atom is -0.478 e. The molecule has 3 aromatic rings. The van der Waals surface area contributed by atoms with Crippen molar-refractivity contribution >= 4 is 28.7 Å². The summed E-state index contributed by atoms with van der Waals surface area (Å²) in [7, 11) is 0. The number of carbonyl (C=O) groups is 1. The van der Waals surface area contributed by atoms with Gasteiger partial charge >= 0.3 is 12.1 Å². The third-order valence-electron chi connectivity index (χ3n) is 5.65. The highest BCUT2D eigenvalue weighted by Crippen LogP contribution is 2.43. The van der Waals surface area contributed by atoms with Crippen molar-refractivity contribution in [1.29, 1.82) is 0 Å². The van der Waals surface area contributed by atoms with Crippen molar-refractivity contribution < 1.29 is 36.6 Å². The summed E-state index contributed by atoms with van der Waals surface area (Å²) in [6.45, 7) is -0.381. The predicted octanol–water partition coefficient (Wildman–Crippen LogP) is 7.40. The maximum Gasteiger partial charge on any atom is 0.416 e. The number of hydrogen-bond donors (Lipinski definition) is 1. The number of carboxylic acids is 1. The average Bonchev–Trinajstić information content (AvgIpc) is 3.28. The van der Waals surface area contributed by atoms with Crippen molar-refractivity contribution in [2.45, 2.75) is 32.0 Å². The largest absolute Gasteiger partial charge is 0.478 e. The number of hydrogen-bond acceptors (Lipinski definition) is 3. The van der Waals surface area contributed by atoms with Gasteiger partial charge in [-0.05, 0) is 66.3 Å². The van der Waals surface area contributed by atoms with E-state index in [1.807, 2.05) is 0 Å². The molecule has 0 saturated carbocycles. The van der Waals surface area contributed by atoms with Crippen LogP contribution in [0, 0.1) is 11.6 Å². The zero-order valence-corrected chi connectivity index (χ0v) is 18.7. The lowest BCUT2D eigenvalue weighted by Gasteiger charge is -2.15. The molecule has 4 rings (SSSR count). The Balaban J connectivity index is 1.69. The fraction of sp³-hybridized carbons (Fsp3) is 0.200. The third kappa shape index (κ3) is 5.30. The molecule has 35 heavy (non-hydrogen) atoms. The second-order valence-electron chi connectivity index (χ2n) is 7.91. The maximum atomic E-state index is 14.3. The molecule has 0 atom stereocenters. The van der Waals surface area contributed by atoms with Crippen molar-refractivity contribution in [3.63, 3.8) is 0 Å². The lowest BCUT2D eigenvalue weighted by Crippen LogP contribution is -2.08. The maximum absolute atomic E-state index is 14.3. The van der Waals surface area contributed by atoms with Crippen molar-refractivity contribution in [2.24, 2.45) is 0 Å². The molecule has 1 N–H and O–H groups in total. The van der Waals surface area contributed by atoms with Crippen LogP contribution in [-0.4, -0.2) is 16.1 Å². The standard InChI is InChI=1S/C25H17ClF5NO3/c26-16-10-19(18-3-1-2-17(18)13-5-7-21(27)20(8-13)24(33)34)23(32-11-16)35-12-14-4-6-15(9-22(14)28)25(29,30)31/h4-11H,1-3,12H2,(H,33,34). The molecule has 0 amide bonds. The van der Waals surface area contributed by atoms with Crippen molar-refractivity contribution in [2.75, 3.05) is 0 Å². The highest BCUT2D eigenvalue weighted by Gasteiger charge is 2.31. The van der Waals surface area contributed by atoms with Crippen LogP contribution in [0.5, 0.6) is 5.88 Å². The molecule has 2 aromatic carbocycles. The van der Waals surface area contributed by atoms with Gasteiger partial charge in [0.15, 0.2) is 0 Å². The number of alkyl halides is 3. The normalized spacial score (nSPS) is 13.9. The van der Waals surface area contributed by atoms with Gasteiger partial charge in [0.2, 0.25) is 5.88 Å². The summed E-state index contributed by atoms with van der Waals surface area (Å²) in [5.74, 6) is -3.22. The number of ether oxygens (including phenoxy) is 1. The number of aromatic nitrogens is 1. The van der Waals surface area contributed by atoms with E-state index in [1.165, 1.54) is 18.3 Å². The molecule has 1 aliphatic carbocycles. The quantitative estimate of drug-likeness (QED) is 0.352. The second-order valence-corrected chi connectivity index (χ2v) is 8.35. The molecular weight excluding hydrogens is 493 g/mol. The molecule has 1 heterocycles. The lowest BCUT2D eigenvalue weighted by molar-refractivity contribution is -0.137. The summed E-state index contributed by atoms with van der Waals surface area (Å²) in [6, 6.07) is 7.59. The van der Waals surface area contributed by atoms with Crippen LogP contribution in [0.25, 0.3) is 11.1 Å². The summed E-state index contributed by atoms with van der Waals surface area (Å²) in [6.07, 6.45) is -1.47. The predicted molar refractivity (Wildman–Crippen MR) is 119 cm³/mol. The lowest BCUT2D eigenvalue weighted by atomic mass is 9.96. The van der Waals surface area contributed by atoms with Crippen LogP contribution in [0.4, 0.5) is 22.0 Å². The van der Waals surface area contributed by atoms with E-state index < -0.39 is 34.9 Å². The Labute approximate surface area is 201 Å². The number of allylic oxidation sites excluding steroid dienone is 2. The summed E-state index contributed by atoms with van der Waals surface area (Å²) < 4.78 is 72.2. The molecule has 0 spiro atoms. The Hall–Kier alpha value is -3.46. The van der Waals surface area contributed by atoms with E-state index in [0.29, 0.717) is 30.0 Å².